The summed E-state index contributed by atoms with van der Waals surface area (Å²) in [6.07, 6.45) is -0.522. The Hall–Kier alpha value is -2.37. The topological polar surface area (TPSA) is 95.5 Å². The summed E-state index contributed by atoms with van der Waals surface area (Å²) in [5.74, 6) is -1.96. The lowest BCUT2D eigenvalue weighted by Gasteiger charge is -2.09. The average molecular weight is 292 g/mol. The number of aliphatic carboxylic acids is 1. The summed E-state index contributed by atoms with van der Waals surface area (Å²) in [7, 11) is 0. The molecule has 1 rings (SSSR count). The van der Waals surface area contributed by atoms with E-state index in [0.717, 1.165) is 0 Å². The number of carbonyl (C=O) groups excluding carboxylic acids is 3. The lowest BCUT2D eigenvalue weighted by atomic mass is 10.2. The molecule has 0 aliphatic rings. The second-order valence-electron chi connectivity index (χ2n) is 4.99. The highest BCUT2D eigenvalue weighted by Gasteiger charge is 2.10. The van der Waals surface area contributed by atoms with Crippen molar-refractivity contribution < 1.29 is 24.2 Å². The summed E-state index contributed by atoms with van der Waals surface area (Å²) in [6, 6.07) is 6.29. The van der Waals surface area contributed by atoms with E-state index >= 15 is 0 Å². The van der Waals surface area contributed by atoms with Crippen molar-refractivity contribution in [2.45, 2.75) is 26.7 Å². The van der Waals surface area contributed by atoms with E-state index in [2.05, 4.69) is 5.32 Å². The normalized spacial score (nSPS) is 10.2. The van der Waals surface area contributed by atoms with E-state index in [4.69, 9.17) is 4.74 Å². The molecule has 1 aromatic carbocycles. The quantitative estimate of drug-likeness (QED) is 0.755. The zero-order valence-electron chi connectivity index (χ0n) is 12.0. The van der Waals surface area contributed by atoms with Crippen LogP contribution in [0.1, 0.15) is 37.0 Å². The summed E-state index contributed by atoms with van der Waals surface area (Å²) in [4.78, 5) is 33.6. The van der Waals surface area contributed by atoms with Crippen LogP contribution in [0.15, 0.2) is 24.3 Å². The van der Waals surface area contributed by atoms with Crippen molar-refractivity contribution in [2.24, 2.45) is 5.92 Å². The second kappa shape index (κ2) is 8.04. The molecule has 1 aromatic rings. The molecule has 6 nitrogen and oxygen atoms in total. The first-order chi connectivity index (χ1) is 9.88. The third-order valence-corrected chi connectivity index (χ3v) is 2.49. The number of ether oxygens (including phenoxy) is 1. The molecule has 0 aliphatic carbocycles. The van der Waals surface area contributed by atoms with E-state index < -0.39 is 17.8 Å². The van der Waals surface area contributed by atoms with Crippen LogP contribution < -0.4 is 10.4 Å². The molecule has 1 N–H and O–H groups in total. The molecule has 0 saturated heterocycles. The summed E-state index contributed by atoms with van der Waals surface area (Å²) in [5.41, 5.74) is 0.741. The van der Waals surface area contributed by atoms with Gasteiger partial charge in [-0.15, -0.1) is 0 Å². The molecular weight excluding hydrogens is 274 g/mol. The Morgan fingerprint density at radius 1 is 1.24 bits per heavy atom. The van der Waals surface area contributed by atoms with Gasteiger partial charge in [0.25, 0.3) is 0 Å². The van der Waals surface area contributed by atoms with Gasteiger partial charge in [-0.1, -0.05) is 19.9 Å². The van der Waals surface area contributed by atoms with E-state index in [1.165, 1.54) is 6.07 Å². The van der Waals surface area contributed by atoms with Crippen molar-refractivity contribution in [3.8, 4) is 0 Å². The number of rotatable bonds is 7. The number of anilines is 1. The van der Waals surface area contributed by atoms with Gasteiger partial charge in [-0.2, -0.15) is 0 Å². The van der Waals surface area contributed by atoms with Crippen LogP contribution in [0, 0.1) is 5.92 Å². The van der Waals surface area contributed by atoms with Crippen molar-refractivity contribution in [2.75, 3.05) is 11.9 Å². The Balaban J connectivity index is 2.61. The monoisotopic (exact) mass is 292 g/mol. The lowest BCUT2D eigenvalue weighted by Crippen LogP contribution is -2.24. The van der Waals surface area contributed by atoms with Crippen LogP contribution in [-0.2, 0) is 14.3 Å². The van der Waals surface area contributed by atoms with Gasteiger partial charge in [0.2, 0.25) is 5.91 Å². The van der Waals surface area contributed by atoms with Gasteiger partial charge in [-0.3, -0.25) is 4.79 Å². The molecule has 0 aromatic heterocycles. The number of carboxylic acid groups (broad SMARTS) is 1. The summed E-state index contributed by atoms with van der Waals surface area (Å²) >= 11 is 0. The van der Waals surface area contributed by atoms with Crippen LogP contribution in [0.25, 0.3) is 0 Å². The number of carboxylic acids is 1. The van der Waals surface area contributed by atoms with Gasteiger partial charge in [0.15, 0.2) is 0 Å². The first-order valence-electron chi connectivity index (χ1n) is 6.65. The van der Waals surface area contributed by atoms with Crippen LogP contribution in [0.5, 0.6) is 0 Å². The highest BCUT2D eigenvalue weighted by Crippen LogP contribution is 2.13. The zero-order chi connectivity index (χ0) is 15.8. The minimum atomic E-state index is -1.28. The molecule has 0 atom stereocenters. The number of hydrogen-bond acceptors (Lipinski definition) is 5. The number of carbonyl (C=O) groups is 3. The Morgan fingerprint density at radius 2 is 1.95 bits per heavy atom. The number of esters is 1. The molecule has 0 saturated carbocycles. The molecule has 6 heteroatoms. The first kappa shape index (κ1) is 16.7. The van der Waals surface area contributed by atoms with Crippen LogP contribution in [0.3, 0.4) is 0 Å². The molecule has 1 amide bonds. The zero-order valence-corrected chi connectivity index (χ0v) is 12.0. The maximum absolute atomic E-state index is 11.8. The lowest BCUT2D eigenvalue weighted by molar-refractivity contribution is -0.305. The fourth-order valence-electron chi connectivity index (χ4n) is 1.49. The SMILES string of the molecule is CC(C)COC(=O)c1cccc(NC(=O)CCC(=O)[O-])c1. The van der Waals surface area contributed by atoms with Gasteiger partial charge in [-0.05, 0) is 30.5 Å². The van der Waals surface area contributed by atoms with Gasteiger partial charge in [0, 0.05) is 18.1 Å². The van der Waals surface area contributed by atoms with E-state index in [0.29, 0.717) is 17.9 Å². The fourth-order valence-corrected chi connectivity index (χ4v) is 1.49. The number of nitrogens with one attached hydrogen (secondary N) is 1. The summed E-state index contributed by atoms with van der Waals surface area (Å²) in [6.45, 7) is 4.18. The van der Waals surface area contributed by atoms with E-state index in [1.807, 2.05) is 13.8 Å². The van der Waals surface area contributed by atoms with Crippen LogP contribution in [0.4, 0.5) is 5.69 Å². The highest BCUT2D eigenvalue weighted by molar-refractivity contribution is 5.95. The standard InChI is InChI=1S/C15H19NO5/c1-10(2)9-21-15(20)11-4-3-5-12(8-11)16-13(17)6-7-14(18)19/h3-5,8,10H,6-7,9H2,1-2H3,(H,16,17)(H,18,19)/p-1. The molecule has 0 unspecified atom stereocenters. The largest absolute Gasteiger partial charge is 0.550 e. The summed E-state index contributed by atoms with van der Waals surface area (Å²) in [5, 5.41) is 12.8. The average Bonchev–Trinajstić information content (AvgIpc) is 2.42. The highest BCUT2D eigenvalue weighted by atomic mass is 16.5. The molecule has 0 fully saturated rings. The predicted octanol–water partition coefficient (Wildman–Crippen LogP) is 0.968. The summed E-state index contributed by atoms with van der Waals surface area (Å²) < 4.78 is 5.09. The smallest absolute Gasteiger partial charge is 0.338 e. The van der Waals surface area contributed by atoms with Gasteiger partial charge >= 0.3 is 5.97 Å². The van der Waals surface area contributed by atoms with Gasteiger partial charge in [0.05, 0.1) is 12.2 Å². The molecular formula is C15H18NO5-. The van der Waals surface area contributed by atoms with Crippen LogP contribution in [0.2, 0.25) is 0 Å². The Labute approximate surface area is 123 Å². The molecule has 0 heterocycles. The minimum absolute atomic E-state index is 0.176. The Bertz CT molecular complexity index is 525. The number of amides is 1. The fraction of sp³-hybridized carbons (Fsp3) is 0.400. The van der Waals surface area contributed by atoms with Crippen molar-refractivity contribution in [3.05, 3.63) is 29.8 Å². The first-order valence-corrected chi connectivity index (χ1v) is 6.65. The second-order valence-corrected chi connectivity index (χ2v) is 4.99. The Kier molecular flexibility index (Phi) is 6.39. The minimum Gasteiger partial charge on any atom is -0.550 e. The van der Waals surface area contributed by atoms with Gasteiger partial charge in [0.1, 0.15) is 0 Å². The molecule has 21 heavy (non-hydrogen) atoms. The maximum atomic E-state index is 11.8. The van der Waals surface area contributed by atoms with Gasteiger partial charge < -0.3 is 20.0 Å². The number of benzene rings is 1. The van der Waals surface area contributed by atoms with E-state index in [1.54, 1.807) is 18.2 Å². The van der Waals surface area contributed by atoms with E-state index in [-0.39, 0.29) is 18.8 Å². The van der Waals surface area contributed by atoms with Crippen molar-refractivity contribution in [1.82, 2.24) is 0 Å². The van der Waals surface area contributed by atoms with Crippen LogP contribution >= 0.6 is 0 Å². The molecule has 0 bridgehead atoms. The van der Waals surface area contributed by atoms with Crippen LogP contribution in [-0.4, -0.2) is 24.5 Å². The van der Waals surface area contributed by atoms with Crippen molar-refractivity contribution in [3.63, 3.8) is 0 Å². The van der Waals surface area contributed by atoms with E-state index in [9.17, 15) is 19.5 Å². The predicted molar refractivity (Wildman–Crippen MR) is 74.4 cm³/mol. The van der Waals surface area contributed by atoms with Crippen molar-refractivity contribution >= 4 is 23.5 Å². The third-order valence-electron chi connectivity index (χ3n) is 2.49. The Morgan fingerprint density at radius 3 is 2.57 bits per heavy atom. The molecule has 0 aliphatic heterocycles. The third kappa shape index (κ3) is 6.56. The molecule has 0 spiro atoms. The van der Waals surface area contributed by atoms with Gasteiger partial charge in [-0.25, -0.2) is 4.79 Å². The molecule has 114 valence electrons. The molecule has 0 radical (unpaired) electrons. The number of hydrogen-bond donors (Lipinski definition) is 1. The van der Waals surface area contributed by atoms with Crippen molar-refractivity contribution in [1.29, 1.82) is 0 Å². The maximum Gasteiger partial charge on any atom is 0.338 e.